The first-order valence-electron chi connectivity index (χ1n) is 19.3. The highest BCUT2D eigenvalue weighted by molar-refractivity contribution is 7.92. The van der Waals surface area contributed by atoms with Gasteiger partial charge < -0.3 is 5.73 Å². The molecule has 0 spiro atoms. The molecule has 0 bridgehead atoms. The Balaban J connectivity index is 1.39. The van der Waals surface area contributed by atoms with Crippen molar-refractivity contribution in [2.45, 2.75) is 68.8 Å². The Hall–Kier alpha value is -5.69. The predicted octanol–water partition coefficient (Wildman–Crippen LogP) is 7.93. The largest absolute Gasteiger partial charge is 0.368 e. The number of halogens is 7. The molecular weight excluding hydrogens is 850 g/mol. The number of primary amides is 1. The van der Waals surface area contributed by atoms with Crippen molar-refractivity contribution in [3.63, 3.8) is 0 Å². The molecule has 1 saturated carbocycles. The smallest absolute Gasteiger partial charge is 0.293 e. The Morgan fingerprint density at radius 2 is 1.80 bits per heavy atom. The van der Waals surface area contributed by atoms with E-state index in [2.05, 4.69) is 21.0 Å². The first-order chi connectivity index (χ1) is 28.8. The monoisotopic (exact) mass is 884 g/mol. The Labute approximate surface area is 348 Å². The lowest BCUT2D eigenvalue weighted by Crippen LogP contribution is -2.39. The minimum absolute atomic E-state index is 0.000901. The average Bonchev–Trinajstić information content (AvgIpc) is 3.71. The van der Waals surface area contributed by atoms with Gasteiger partial charge in [0.1, 0.15) is 34.9 Å². The zero-order valence-corrected chi connectivity index (χ0v) is 33.8. The van der Waals surface area contributed by atoms with Crippen LogP contribution in [0, 0.1) is 17.6 Å². The van der Waals surface area contributed by atoms with Crippen LogP contribution in [-0.4, -0.2) is 49.7 Å². The maximum Gasteiger partial charge on any atom is 0.293 e. The van der Waals surface area contributed by atoms with Crippen LogP contribution in [0.4, 0.5) is 32.2 Å². The second kappa shape index (κ2) is 14.5. The highest BCUT2D eigenvalue weighted by Gasteiger charge is 2.67. The summed E-state index contributed by atoms with van der Waals surface area (Å²) in [6.07, 6.45) is 2.35. The molecule has 3 aliphatic rings. The van der Waals surface area contributed by atoms with Crippen molar-refractivity contribution in [1.82, 2.24) is 29.1 Å². The van der Waals surface area contributed by atoms with Gasteiger partial charge in [0.05, 0.1) is 44.7 Å². The topological polar surface area (TPSA) is 160 Å². The summed E-state index contributed by atoms with van der Waals surface area (Å²) in [5.41, 5.74) is 4.67. The van der Waals surface area contributed by atoms with Crippen LogP contribution < -0.4 is 16.0 Å². The van der Waals surface area contributed by atoms with E-state index < -0.39 is 92.6 Å². The summed E-state index contributed by atoms with van der Waals surface area (Å²) >= 11 is 6.65. The lowest BCUT2D eigenvalue weighted by Gasteiger charge is -2.30. The molecule has 3 aromatic heterocycles. The fourth-order valence-corrected chi connectivity index (χ4v) is 9.94. The van der Waals surface area contributed by atoms with Crippen LogP contribution in [0.2, 0.25) is 5.02 Å². The zero-order chi connectivity index (χ0) is 43.4. The summed E-state index contributed by atoms with van der Waals surface area (Å²) in [4.78, 5) is 34.1. The molecular formula is C41H35ClF6N8O4S. The van der Waals surface area contributed by atoms with E-state index in [1.54, 1.807) is 18.2 Å². The first kappa shape index (κ1) is 40.7. The fraction of sp³-hybridized carbons (Fsp3) is 0.341. The van der Waals surface area contributed by atoms with Gasteiger partial charge in [0, 0.05) is 24.6 Å². The maximum atomic E-state index is 16.2. The SMILES string of the molecule is Cn1nc(NS(C)(=O)=O)c2c(Cl)ccc(-n3c([C@@H](Cc4cc(F)cc(F)c4)C(C(N)=O)n4nc(C(F)F)c5c4C(F)(F)[C@@H]4C[C@H]54)nc4cc(C5=CCCCC5)ccc4c3=O)c21. The molecule has 3 N–H and O–H groups in total. The van der Waals surface area contributed by atoms with Gasteiger partial charge in [0.15, 0.2) is 5.82 Å². The van der Waals surface area contributed by atoms with E-state index in [0.29, 0.717) is 10.7 Å². The Kier molecular flexibility index (Phi) is 9.65. The molecule has 318 valence electrons. The molecule has 1 fully saturated rings. The highest BCUT2D eigenvalue weighted by Crippen LogP contribution is 2.68. The lowest BCUT2D eigenvalue weighted by molar-refractivity contribution is -0.122. The van der Waals surface area contributed by atoms with Crippen molar-refractivity contribution in [1.29, 1.82) is 0 Å². The maximum absolute atomic E-state index is 16.2. The van der Waals surface area contributed by atoms with E-state index in [4.69, 9.17) is 22.3 Å². The molecule has 12 nitrogen and oxygen atoms in total. The third kappa shape index (κ3) is 6.85. The predicted molar refractivity (Wildman–Crippen MR) is 214 cm³/mol. The van der Waals surface area contributed by atoms with Crippen molar-refractivity contribution in [2.75, 3.05) is 11.0 Å². The van der Waals surface area contributed by atoms with E-state index in [1.165, 1.54) is 23.9 Å². The number of nitrogens with one attached hydrogen (secondary N) is 1. The number of alkyl halides is 4. The molecule has 3 aromatic carbocycles. The minimum atomic E-state index is -3.94. The van der Waals surface area contributed by atoms with E-state index in [1.807, 2.05) is 0 Å². The quantitative estimate of drug-likeness (QED) is 0.125. The van der Waals surface area contributed by atoms with E-state index in [-0.39, 0.29) is 56.1 Å². The molecule has 6 aromatic rings. The Morgan fingerprint density at radius 1 is 1.07 bits per heavy atom. The number of carbonyl (C=O) groups is 1. The van der Waals surface area contributed by atoms with Crippen LogP contribution >= 0.6 is 11.6 Å². The number of allylic oxidation sites excluding steroid dienone is 2. The van der Waals surface area contributed by atoms with E-state index in [9.17, 15) is 30.8 Å². The zero-order valence-electron chi connectivity index (χ0n) is 32.3. The first-order valence-corrected chi connectivity index (χ1v) is 21.5. The number of aryl methyl sites for hydroxylation is 1. The molecule has 3 aliphatic carbocycles. The molecule has 1 amide bonds. The van der Waals surface area contributed by atoms with Crippen LogP contribution in [0.5, 0.6) is 0 Å². The van der Waals surface area contributed by atoms with Gasteiger partial charge >= 0.3 is 0 Å². The summed E-state index contributed by atoms with van der Waals surface area (Å²) in [6.45, 7) is 0. The van der Waals surface area contributed by atoms with Crippen LogP contribution in [0.3, 0.4) is 0 Å². The van der Waals surface area contributed by atoms with Crippen LogP contribution in [0.1, 0.15) is 90.3 Å². The molecule has 0 aliphatic heterocycles. The van der Waals surface area contributed by atoms with Gasteiger partial charge in [-0.15, -0.1) is 0 Å². The summed E-state index contributed by atoms with van der Waals surface area (Å²) in [7, 11) is -2.51. The van der Waals surface area contributed by atoms with Gasteiger partial charge in [0.2, 0.25) is 15.9 Å². The van der Waals surface area contributed by atoms with Gasteiger partial charge in [-0.05, 0) is 97.5 Å². The number of rotatable bonds is 11. The minimum Gasteiger partial charge on any atom is -0.368 e. The lowest BCUT2D eigenvalue weighted by atomic mass is 9.89. The number of carbonyl (C=O) groups excluding carboxylic acids is 1. The standard InChI is InChI=1S/C41H35ClF6N8O4S/c1-54-34-29(11-10-27(42)31(34)38(52-54)53-61(2,59)60)55-39(50-28-15-20(8-9-23(28)40(55)58)19-6-4-3-5-7-19)25(14-18-12-21(43)16-22(44)13-18)33(37(49)57)56-35-30(32(51-56)36(45)46)24-17-26(24)41(35,47)48/h6,8-13,15-16,24-26,33,36H,3-5,7,14,17H2,1-2H3,(H2,49,57)(H,52,53)/t24-,25-,26+,33?/m0/s1. The van der Waals surface area contributed by atoms with E-state index in [0.717, 1.165) is 59.8 Å². The third-order valence-electron chi connectivity index (χ3n) is 11.8. The van der Waals surface area contributed by atoms with Gasteiger partial charge in [-0.3, -0.25) is 23.6 Å². The molecule has 61 heavy (non-hydrogen) atoms. The average molecular weight is 885 g/mol. The second-order valence-corrected chi connectivity index (χ2v) is 18.0. The van der Waals surface area contributed by atoms with E-state index >= 15 is 13.6 Å². The van der Waals surface area contributed by atoms with Gasteiger partial charge in [-0.1, -0.05) is 23.7 Å². The summed E-state index contributed by atoms with van der Waals surface area (Å²) in [5, 5.41) is 8.33. The molecule has 9 rings (SSSR count). The molecule has 0 radical (unpaired) electrons. The Morgan fingerprint density at radius 3 is 2.46 bits per heavy atom. The number of hydrogen-bond acceptors (Lipinski definition) is 7. The molecule has 0 saturated heterocycles. The van der Waals surface area contributed by atoms with Gasteiger partial charge in [0.25, 0.3) is 17.9 Å². The molecule has 4 atom stereocenters. The van der Waals surface area contributed by atoms with Crippen molar-refractivity contribution in [2.24, 2.45) is 18.7 Å². The van der Waals surface area contributed by atoms with Crippen molar-refractivity contribution >= 4 is 60.7 Å². The number of fused-ring (bicyclic) bond motifs is 5. The molecule has 20 heteroatoms. The normalized spacial score (nSPS) is 19.2. The number of anilines is 1. The number of amides is 1. The molecule has 1 unspecified atom stereocenters. The Bertz CT molecular complexity index is 3040. The summed E-state index contributed by atoms with van der Waals surface area (Å²) in [5.74, 6) is -11.8. The number of sulfonamides is 1. The number of aromatic nitrogens is 6. The van der Waals surface area contributed by atoms with Crippen molar-refractivity contribution < 1.29 is 39.6 Å². The second-order valence-electron chi connectivity index (χ2n) is 15.9. The number of nitrogens with two attached hydrogens (primary N) is 1. The van der Waals surface area contributed by atoms with Crippen LogP contribution in [0.25, 0.3) is 33.1 Å². The van der Waals surface area contributed by atoms with Gasteiger partial charge in [-0.2, -0.15) is 19.0 Å². The third-order valence-corrected chi connectivity index (χ3v) is 12.6. The van der Waals surface area contributed by atoms with Crippen molar-refractivity contribution in [3.05, 3.63) is 116 Å². The van der Waals surface area contributed by atoms with Crippen LogP contribution in [0.15, 0.2) is 59.4 Å². The number of nitrogens with zero attached hydrogens (tertiary/aromatic N) is 6. The summed E-state index contributed by atoms with van der Waals surface area (Å²) in [6, 6.07) is 8.00. The molecule has 3 heterocycles. The highest BCUT2D eigenvalue weighted by atomic mass is 35.5. The number of benzene rings is 3. The van der Waals surface area contributed by atoms with Crippen LogP contribution in [-0.2, 0) is 34.2 Å². The number of hydrogen-bond donors (Lipinski definition) is 2. The fourth-order valence-electron chi connectivity index (χ4n) is 9.20. The summed E-state index contributed by atoms with van der Waals surface area (Å²) < 4.78 is 122. The van der Waals surface area contributed by atoms with Crippen molar-refractivity contribution in [3.8, 4) is 5.69 Å². The van der Waals surface area contributed by atoms with Gasteiger partial charge in [-0.25, -0.2) is 35.6 Å².